The van der Waals surface area contributed by atoms with Gasteiger partial charge in [0, 0.05) is 18.8 Å². The van der Waals surface area contributed by atoms with Crippen LogP contribution in [0.3, 0.4) is 0 Å². The normalized spacial score (nSPS) is 12.4. The summed E-state index contributed by atoms with van der Waals surface area (Å²) in [6.45, 7) is 4.04. The van der Waals surface area contributed by atoms with Crippen LogP contribution >= 0.6 is 11.8 Å². The number of aromatic amines is 1. The quantitative estimate of drug-likeness (QED) is 0.702. The minimum Gasteiger partial charge on any atom is -0.383 e. The number of anilines is 2. The van der Waals surface area contributed by atoms with Crippen LogP contribution < -0.4 is 22.3 Å². The Kier molecular flexibility index (Phi) is 4.68. The van der Waals surface area contributed by atoms with Crippen molar-refractivity contribution in [3.05, 3.63) is 20.8 Å². The Balaban J connectivity index is 2.95. The maximum Gasteiger partial charge on any atom is 0.329 e. The summed E-state index contributed by atoms with van der Waals surface area (Å²) in [5, 5.41) is 3.03. The van der Waals surface area contributed by atoms with E-state index in [0.717, 1.165) is 11.5 Å². The van der Waals surface area contributed by atoms with Crippen LogP contribution in [-0.2, 0) is 7.05 Å². The van der Waals surface area contributed by atoms with Crippen molar-refractivity contribution in [1.29, 1.82) is 0 Å². The first-order valence-corrected chi connectivity index (χ1v) is 6.55. The van der Waals surface area contributed by atoms with E-state index in [1.807, 2.05) is 6.92 Å². The molecule has 1 aromatic rings. The van der Waals surface area contributed by atoms with Gasteiger partial charge in [0.2, 0.25) is 0 Å². The van der Waals surface area contributed by atoms with Crippen molar-refractivity contribution >= 4 is 23.3 Å². The number of hydrogen-bond donors (Lipinski definition) is 3. The van der Waals surface area contributed by atoms with Crippen molar-refractivity contribution in [3.8, 4) is 0 Å². The lowest BCUT2D eigenvalue weighted by Crippen LogP contribution is -2.34. The van der Waals surface area contributed by atoms with Gasteiger partial charge in [0.05, 0.1) is 0 Å². The molecule has 0 fully saturated rings. The van der Waals surface area contributed by atoms with Crippen molar-refractivity contribution in [2.45, 2.75) is 19.9 Å². The zero-order chi connectivity index (χ0) is 13.0. The summed E-state index contributed by atoms with van der Waals surface area (Å²) in [5.41, 5.74) is 5.02. The monoisotopic (exact) mass is 258 g/mol. The number of rotatable bonds is 5. The molecule has 0 radical (unpaired) electrons. The zero-order valence-electron chi connectivity index (χ0n) is 10.2. The van der Waals surface area contributed by atoms with E-state index in [1.54, 1.807) is 11.8 Å². The van der Waals surface area contributed by atoms with E-state index >= 15 is 0 Å². The smallest absolute Gasteiger partial charge is 0.329 e. The number of hydrogen-bond acceptors (Lipinski definition) is 5. The third-order valence-corrected chi connectivity index (χ3v) is 3.48. The third-order valence-electron chi connectivity index (χ3n) is 2.33. The summed E-state index contributed by atoms with van der Waals surface area (Å²) in [6, 6.07) is 0.112. The Morgan fingerprint density at radius 1 is 1.53 bits per heavy atom. The minimum atomic E-state index is -0.506. The van der Waals surface area contributed by atoms with Gasteiger partial charge in [-0.05, 0) is 12.7 Å². The van der Waals surface area contributed by atoms with E-state index in [-0.39, 0.29) is 17.5 Å². The summed E-state index contributed by atoms with van der Waals surface area (Å²) in [4.78, 5) is 25.1. The first-order chi connectivity index (χ1) is 7.97. The topological polar surface area (TPSA) is 92.9 Å². The molecule has 17 heavy (non-hydrogen) atoms. The van der Waals surface area contributed by atoms with Gasteiger partial charge in [0.25, 0.3) is 5.56 Å². The summed E-state index contributed by atoms with van der Waals surface area (Å²) in [7, 11) is 1.52. The van der Waals surface area contributed by atoms with Gasteiger partial charge in [0.15, 0.2) is 0 Å². The number of aromatic nitrogens is 2. The number of H-pyrrole nitrogens is 1. The Morgan fingerprint density at radius 3 is 2.76 bits per heavy atom. The second kappa shape index (κ2) is 5.81. The van der Waals surface area contributed by atoms with E-state index in [0.29, 0.717) is 0 Å². The second-order valence-corrected chi connectivity index (χ2v) is 5.10. The molecule has 0 spiro atoms. The minimum absolute atomic E-state index is 0.112. The first kappa shape index (κ1) is 13.7. The Labute approximate surface area is 104 Å². The predicted octanol–water partition coefficient (Wildman–Crippen LogP) is 0.209. The van der Waals surface area contributed by atoms with Gasteiger partial charge in [0.1, 0.15) is 11.5 Å². The lowest BCUT2D eigenvalue weighted by Gasteiger charge is -2.16. The zero-order valence-corrected chi connectivity index (χ0v) is 11.1. The molecule has 1 atom stereocenters. The van der Waals surface area contributed by atoms with Gasteiger partial charge in [-0.3, -0.25) is 14.3 Å². The second-order valence-electron chi connectivity index (χ2n) is 3.78. The molecular formula is C10H18N4O2S. The summed E-state index contributed by atoms with van der Waals surface area (Å²) in [5.74, 6) is 2.05. The predicted molar refractivity (Wildman–Crippen MR) is 72.8 cm³/mol. The lowest BCUT2D eigenvalue weighted by atomic mass is 10.3. The summed E-state index contributed by atoms with van der Waals surface area (Å²) < 4.78 is 1.21. The maximum atomic E-state index is 11.6. The fraction of sp³-hybridized carbons (Fsp3) is 0.600. The van der Waals surface area contributed by atoms with Crippen LogP contribution in [0.5, 0.6) is 0 Å². The summed E-state index contributed by atoms with van der Waals surface area (Å²) >= 11 is 1.77. The first-order valence-electron chi connectivity index (χ1n) is 5.40. The highest BCUT2D eigenvalue weighted by Gasteiger charge is 2.12. The molecule has 96 valence electrons. The highest BCUT2D eigenvalue weighted by Crippen LogP contribution is 2.12. The molecule has 1 heterocycles. The Bertz CT molecular complexity index is 494. The van der Waals surface area contributed by atoms with Crippen LogP contribution in [0.2, 0.25) is 0 Å². The molecule has 1 aromatic heterocycles. The van der Waals surface area contributed by atoms with Crippen LogP contribution in [0, 0.1) is 0 Å². The number of nitrogens with one attached hydrogen (secondary N) is 2. The van der Waals surface area contributed by atoms with E-state index < -0.39 is 11.2 Å². The average Bonchev–Trinajstić information content (AvgIpc) is 2.29. The van der Waals surface area contributed by atoms with Crippen LogP contribution in [0.1, 0.15) is 13.8 Å². The molecule has 1 unspecified atom stereocenters. The fourth-order valence-electron chi connectivity index (χ4n) is 1.36. The van der Waals surface area contributed by atoms with E-state index in [2.05, 4.69) is 17.2 Å². The molecule has 4 N–H and O–H groups in total. The fourth-order valence-corrected chi connectivity index (χ4v) is 2.03. The molecule has 0 bridgehead atoms. The van der Waals surface area contributed by atoms with Gasteiger partial charge in [-0.15, -0.1) is 0 Å². The molecule has 0 saturated heterocycles. The van der Waals surface area contributed by atoms with Gasteiger partial charge >= 0.3 is 5.69 Å². The largest absolute Gasteiger partial charge is 0.383 e. The maximum absolute atomic E-state index is 11.6. The van der Waals surface area contributed by atoms with Crippen LogP contribution in [0.4, 0.5) is 11.5 Å². The molecular weight excluding hydrogens is 240 g/mol. The Hall–Kier alpha value is -1.37. The van der Waals surface area contributed by atoms with Crippen molar-refractivity contribution in [2.75, 3.05) is 22.6 Å². The van der Waals surface area contributed by atoms with Crippen molar-refractivity contribution in [1.82, 2.24) is 9.55 Å². The number of nitrogens with two attached hydrogens (primary N) is 1. The highest BCUT2D eigenvalue weighted by molar-refractivity contribution is 7.99. The van der Waals surface area contributed by atoms with E-state index in [1.165, 1.54) is 11.6 Å². The molecule has 0 aliphatic heterocycles. The molecule has 6 nitrogen and oxygen atoms in total. The van der Waals surface area contributed by atoms with Crippen molar-refractivity contribution < 1.29 is 0 Å². The van der Waals surface area contributed by atoms with Crippen LogP contribution in [-0.4, -0.2) is 27.1 Å². The highest BCUT2D eigenvalue weighted by atomic mass is 32.2. The average molecular weight is 258 g/mol. The number of nitrogens with zero attached hydrogens (tertiary/aromatic N) is 1. The summed E-state index contributed by atoms with van der Waals surface area (Å²) in [6.07, 6.45) is 0. The molecule has 1 rings (SSSR count). The van der Waals surface area contributed by atoms with Crippen molar-refractivity contribution in [3.63, 3.8) is 0 Å². The molecule has 0 amide bonds. The van der Waals surface area contributed by atoms with E-state index in [9.17, 15) is 9.59 Å². The van der Waals surface area contributed by atoms with Gasteiger partial charge in [-0.2, -0.15) is 11.8 Å². The molecule has 0 aliphatic carbocycles. The van der Waals surface area contributed by atoms with E-state index in [4.69, 9.17) is 5.73 Å². The lowest BCUT2D eigenvalue weighted by molar-refractivity contribution is 0.805. The van der Waals surface area contributed by atoms with Gasteiger partial charge < -0.3 is 11.1 Å². The Morgan fingerprint density at radius 2 is 2.18 bits per heavy atom. The molecule has 0 saturated carbocycles. The van der Waals surface area contributed by atoms with Gasteiger partial charge in [-0.25, -0.2) is 4.79 Å². The van der Waals surface area contributed by atoms with Crippen LogP contribution in [0.25, 0.3) is 0 Å². The number of thioether (sulfide) groups is 1. The number of nitrogen functional groups attached to an aromatic ring is 1. The third kappa shape index (κ3) is 3.29. The van der Waals surface area contributed by atoms with Crippen molar-refractivity contribution in [2.24, 2.45) is 7.05 Å². The molecule has 0 aliphatic rings. The van der Waals surface area contributed by atoms with Gasteiger partial charge in [-0.1, -0.05) is 6.92 Å². The van der Waals surface area contributed by atoms with Crippen LogP contribution in [0.15, 0.2) is 9.59 Å². The SMILES string of the molecule is CCSCC(C)Nc1c(N)n(C)c(=O)[nH]c1=O. The molecule has 0 aromatic carbocycles. The molecule has 7 heteroatoms. The standard InChI is InChI=1S/C10H18N4O2S/c1-4-17-5-6(2)12-7-8(11)14(3)10(16)13-9(7)15/h6,12H,4-5,11H2,1-3H3,(H,13,15,16).